The lowest BCUT2D eigenvalue weighted by molar-refractivity contribution is 0.305. The van der Waals surface area contributed by atoms with Crippen LogP contribution in [0.4, 0.5) is 5.82 Å². The zero-order valence-corrected chi connectivity index (χ0v) is 9.82. The number of likely N-dealkylation sites (N-methyl/N-ethyl adjacent to an activating group) is 1. The van der Waals surface area contributed by atoms with Crippen molar-refractivity contribution in [3.63, 3.8) is 0 Å². The molecule has 2 heterocycles. The van der Waals surface area contributed by atoms with Crippen LogP contribution in [-0.4, -0.2) is 28.3 Å². The molecule has 4 nitrogen and oxygen atoms in total. The summed E-state index contributed by atoms with van der Waals surface area (Å²) >= 11 is 0. The predicted octanol–water partition coefficient (Wildman–Crippen LogP) is 1.11. The van der Waals surface area contributed by atoms with Crippen molar-refractivity contribution in [2.45, 2.75) is 33.4 Å². The van der Waals surface area contributed by atoms with Crippen molar-refractivity contribution >= 4 is 5.82 Å². The molecule has 0 aliphatic carbocycles. The molecule has 0 atom stereocenters. The molecule has 1 aliphatic rings. The van der Waals surface area contributed by atoms with E-state index in [1.165, 1.54) is 11.3 Å². The molecule has 0 radical (unpaired) electrons. The molecule has 0 aromatic carbocycles. The second-order valence-corrected chi connectivity index (χ2v) is 4.87. The van der Waals surface area contributed by atoms with Gasteiger partial charge in [-0.2, -0.15) is 5.10 Å². The molecule has 0 amide bonds. The van der Waals surface area contributed by atoms with Crippen molar-refractivity contribution in [1.29, 1.82) is 0 Å². The molecule has 0 spiro atoms. The molecule has 1 aromatic rings. The minimum atomic E-state index is 0.619. The molecular weight excluding hydrogens is 188 g/mol. The van der Waals surface area contributed by atoms with E-state index in [4.69, 9.17) is 5.73 Å². The number of rotatable bonds is 2. The minimum Gasteiger partial charge on any atom is -0.382 e. The normalized spacial score (nSPS) is 17.1. The Morgan fingerprint density at radius 2 is 2.20 bits per heavy atom. The van der Waals surface area contributed by atoms with Crippen LogP contribution < -0.4 is 5.73 Å². The Balaban J connectivity index is 2.31. The molecule has 4 heteroatoms. The third kappa shape index (κ3) is 2.00. The van der Waals surface area contributed by atoms with Gasteiger partial charge < -0.3 is 10.6 Å². The maximum Gasteiger partial charge on any atom is 0.150 e. The molecule has 2 N–H and O–H groups in total. The van der Waals surface area contributed by atoms with Crippen LogP contribution in [0, 0.1) is 5.92 Å². The Labute approximate surface area is 91.1 Å². The van der Waals surface area contributed by atoms with Gasteiger partial charge in [0.05, 0.1) is 0 Å². The quantitative estimate of drug-likeness (QED) is 0.792. The molecule has 0 saturated carbocycles. The average molecular weight is 208 g/mol. The lowest BCUT2D eigenvalue weighted by Crippen LogP contribution is -2.28. The maximum absolute atomic E-state index is 5.94. The van der Waals surface area contributed by atoms with Crippen molar-refractivity contribution in [2.75, 3.05) is 19.3 Å². The summed E-state index contributed by atoms with van der Waals surface area (Å²) in [5, 5.41) is 4.43. The second kappa shape index (κ2) is 3.85. The van der Waals surface area contributed by atoms with E-state index in [1.807, 2.05) is 0 Å². The zero-order valence-electron chi connectivity index (χ0n) is 9.82. The maximum atomic E-state index is 5.94. The smallest absolute Gasteiger partial charge is 0.150 e. The van der Waals surface area contributed by atoms with E-state index in [0.717, 1.165) is 31.9 Å². The van der Waals surface area contributed by atoms with Gasteiger partial charge in [0.15, 0.2) is 0 Å². The summed E-state index contributed by atoms with van der Waals surface area (Å²) in [6, 6.07) is 0. The molecular formula is C11H20N4. The van der Waals surface area contributed by atoms with E-state index in [2.05, 4.69) is 35.6 Å². The number of nitrogens with two attached hydrogens (primary N) is 1. The third-order valence-corrected chi connectivity index (χ3v) is 2.89. The van der Waals surface area contributed by atoms with Gasteiger partial charge in [0, 0.05) is 37.3 Å². The van der Waals surface area contributed by atoms with E-state index in [-0.39, 0.29) is 0 Å². The second-order valence-electron chi connectivity index (χ2n) is 4.87. The SMILES string of the molecule is CC(C)Cn1nc(N)c2c1CCN(C)C2. The minimum absolute atomic E-state index is 0.619. The number of hydrogen-bond donors (Lipinski definition) is 1. The molecule has 1 aromatic heterocycles. The molecule has 2 rings (SSSR count). The number of fused-ring (bicyclic) bond motifs is 1. The first-order valence-corrected chi connectivity index (χ1v) is 5.60. The first-order chi connectivity index (χ1) is 7.08. The Morgan fingerprint density at radius 3 is 2.87 bits per heavy atom. The molecule has 0 unspecified atom stereocenters. The van der Waals surface area contributed by atoms with Gasteiger partial charge in [0.25, 0.3) is 0 Å². The zero-order chi connectivity index (χ0) is 11.0. The Kier molecular flexibility index (Phi) is 2.69. The van der Waals surface area contributed by atoms with E-state index >= 15 is 0 Å². The first-order valence-electron chi connectivity index (χ1n) is 5.60. The molecule has 0 fully saturated rings. The Bertz CT molecular complexity index is 354. The number of anilines is 1. The summed E-state index contributed by atoms with van der Waals surface area (Å²) < 4.78 is 2.10. The Hall–Kier alpha value is -1.03. The summed E-state index contributed by atoms with van der Waals surface area (Å²) in [4.78, 5) is 2.29. The van der Waals surface area contributed by atoms with Crippen molar-refractivity contribution in [1.82, 2.24) is 14.7 Å². The highest BCUT2D eigenvalue weighted by Gasteiger charge is 2.21. The van der Waals surface area contributed by atoms with Gasteiger partial charge in [0.1, 0.15) is 5.82 Å². The summed E-state index contributed by atoms with van der Waals surface area (Å²) in [6.07, 6.45) is 1.07. The van der Waals surface area contributed by atoms with E-state index in [9.17, 15) is 0 Å². The highest BCUT2D eigenvalue weighted by atomic mass is 15.3. The number of nitrogens with zero attached hydrogens (tertiary/aromatic N) is 3. The highest BCUT2D eigenvalue weighted by Crippen LogP contribution is 2.23. The van der Waals surface area contributed by atoms with Gasteiger partial charge in [-0.25, -0.2) is 0 Å². The predicted molar refractivity (Wildman–Crippen MR) is 61.5 cm³/mol. The number of hydrogen-bond acceptors (Lipinski definition) is 3. The van der Waals surface area contributed by atoms with Crippen LogP contribution in [0.3, 0.4) is 0 Å². The topological polar surface area (TPSA) is 47.1 Å². The van der Waals surface area contributed by atoms with Crippen molar-refractivity contribution in [2.24, 2.45) is 5.92 Å². The van der Waals surface area contributed by atoms with Crippen LogP contribution in [0.5, 0.6) is 0 Å². The molecule has 0 saturated heterocycles. The number of nitrogen functional groups attached to an aromatic ring is 1. The van der Waals surface area contributed by atoms with Gasteiger partial charge in [-0.15, -0.1) is 0 Å². The molecule has 1 aliphatic heterocycles. The van der Waals surface area contributed by atoms with Gasteiger partial charge in [0.2, 0.25) is 0 Å². The summed E-state index contributed by atoms with van der Waals surface area (Å²) in [5.41, 5.74) is 8.53. The van der Waals surface area contributed by atoms with Crippen molar-refractivity contribution in [3.8, 4) is 0 Å². The largest absolute Gasteiger partial charge is 0.382 e. The van der Waals surface area contributed by atoms with Crippen LogP contribution in [0.25, 0.3) is 0 Å². The van der Waals surface area contributed by atoms with Crippen LogP contribution in [0.2, 0.25) is 0 Å². The lowest BCUT2D eigenvalue weighted by Gasteiger charge is -2.23. The van der Waals surface area contributed by atoms with Gasteiger partial charge in [-0.1, -0.05) is 13.8 Å². The van der Waals surface area contributed by atoms with Gasteiger partial charge in [-0.3, -0.25) is 4.68 Å². The van der Waals surface area contributed by atoms with Crippen LogP contribution in [-0.2, 0) is 19.5 Å². The Morgan fingerprint density at radius 1 is 1.47 bits per heavy atom. The first kappa shape index (κ1) is 10.5. The third-order valence-electron chi connectivity index (χ3n) is 2.89. The molecule has 84 valence electrons. The van der Waals surface area contributed by atoms with Crippen molar-refractivity contribution < 1.29 is 0 Å². The van der Waals surface area contributed by atoms with Crippen molar-refractivity contribution in [3.05, 3.63) is 11.3 Å². The lowest BCUT2D eigenvalue weighted by atomic mass is 10.1. The highest BCUT2D eigenvalue weighted by molar-refractivity contribution is 5.43. The van der Waals surface area contributed by atoms with Crippen LogP contribution >= 0.6 is 0 Å². The monoisotopic (exact) mass is 208 g/mol. The summed E-state index contributed by atoms with van der Waals surface area (Å²) in [7, 11) is 2.13. The summed E-state index contributed by atoms with van der Waals surface area (Å²) in [5.74, 6) is 1.34. The number of aromatic nitrogens is 2. The van der Waals surface area contributed by atoms with Gasteiger partial charge >= 0.3 is 0 Å². The standard InChI is InChI=1S/C11H20N4/c1-8(2)6-15-10-4-5-14(3)7-9(10)11(12)13-15/h8H,4-7H2,1-3H3,(H2,12,13). The molecule has 15 heavy (non-hydrogen) atoms. The van der Waals surface area contributed by atoms with E-state index in [0.29, 0.717) is 5.92 Å². The fourth-order valence-corrected chi connectivity index (χ4v) is 2.15. The van der Waals surface area contributed by atoms with E-state index in [1.54, 1.807) is 0 Å². The van der Waals surface area contributed by atoms with E-state index < -0.39 is 0 Å². The summed E-state index contributed by atoms with van der Waals surface area (Å²) in [6.45, 7) is 7.44. The average Bonchev–Trinajstić information content (AvgIpc) is 2.42. The molecule has 0 bridgehead atoms. The van der Waals surface area contributed by atoms with Gasteiger partial charge in [-0.05, 0) is 13.0 Å². The fraction of sp³-hybridized carbons (Fsp3) is 0.727. The van der Waals surface area contributed by atoms with Crippen LogP contribution in [0.15, 0.2) is 0 Å². The van der Waals surface area contributed by atoms with Crippen LogP contribution in [0.1, 0.15) is 25.1 Å². The fourth-order valence-electron chi connectivity index (χ4n) is 2.15.